The number of hydrogen-bond acceptors (Lipinski definition) is 0. The van der Waals surface area contributed by atoms with Gasteiger partial charge in [-0.1, -0.05) is 80.6 Å². The molecule has 0 bridgehead atoms. The van der Waals surface area contributed by atoms with Gasteiger partial charge in [-0.15, -0.1) is 0 Å². The van der Waals surface area contributed by atoms with Crippen LogP contribution in [0.4, 0.5) is 0 Å². The van der Waals surface area contributed by atoms with Crippen molar-refractivity contribution in [2.75, 3.05) is 0 Å². The number of allylic oxidation sites excluding steroid dienone is 7. The SMILES string of the molecule is CC(C)c1ccc(/C=C/C2=C/C=C\C=C/CCC2)cc1. The second-order valence-corrected chi connectivity index (χ2v) is 5.60. The van der Waals surface area contributed by atoms with Gasteiger partial charge < -0.3 is 0 Å². The fourth-order valence-corrected chi connectivity index (χ4v) is 2.26. The standard InChI is InChI=1S/C20H24/c1-17(2)20-15-13-19(14-16-20)12-11-18-9-7-5-3-4-6-8-10-18/h3-5,7,9,11-17H,6,8,10H2,1-2H3/b4-3-,7-5-,12-11+,18-9+. The summed E-state index contributed by atoms with van der Waals surface area (Å²) in [5.41, 5.74) is 4.08. The summed E-state index contributed by atoms with van der Waals surface area (Å²) in [5.74, 6) is 0.600. The summed E-state index contributed by atoms with van der Waals surface area (Å²) in [6, 6.07) is 8.87. The molecule has 0 heteroatoms. The van der Waals surface area contributed by atoms with Gasteiger partial charge in [0.25, 0.3) is 0 Å². The molecule has 0 heterocycles. The highest BCUT2D eigenvalue weighted by Crippen LogP contribution is 2.17. The van der Waals surface area contributed by atoms with Crippen molar-refractivity contribution in [2.45, 2.75) is 39.0 Å². The lowest BCUT2D eigenvalue weighted by atomic mass is 10.0. The number of hydrogen-bond donors (Lipinski definition) is 0. The van der Waals surface area contributed by atoms with E-state index in [1.807, 2.05) is 0 Å². The van der Waals surface area contributed by atoms with Crippen LogP contribution in [0, 0.1) is 0 Å². The Labute approximate surface area is 123 Å². The molecular weight excluding hydrogens is 240 g/mol. The molecule has 1 aliphatic carbocycles. The summed E-state index contributed by atoms with van der Waals surface area (Å²) >= 11 is 0. The first kappa shape index (κ1) is 14.6. The van der Waals surface area contributed by atoms with Gasteiger partial charge in [-0.05, 0) is 41.9 Å². The van der Waals surface area contributed by atoms with Crippen molar-refractivity contribution in [3.05, 3.63) is 77.4 Å². The first-order valence-corrected chi connectivity index (χ1v) is 7.56. The molecule has 1 aliphatic rings. The molecule has 0 aromatic heterocycles. The lowest BCUT2D eigenvalue weighted by Gasteiger charge is -2.05. The molecule has 2 rings (SSSR count). The highest BCUT2D eigenvalue weighted by molar-refractivity contribution is 5.53. The minimum absolute atomic E-state index is 0.600. The zero-order valence-electron chi connectivity index (χ0n) is 12.5. The molecule has 20 heavy (non-hydrogen) atoms. The molecule has 1 aromatic carbocycles. The second-order valence-electron chi connectivity index (χ2n) is 5.60. The van der Waals surface area contributed by atoms with Gasteiger partial charge in [0.2, 0.25) is 0 Å². The van der Waals surface area contributed by atoms with Crippen LogP contribution in [0.1, 0.15) is 50.2 Å². The van der Waals surface area contributed by atoms with Gasteiger partial charge in [0.05, 0.1) is 0 Å². The fraction of sp³-hybridized carbons (Fsp3) is 0.300. The second kappa shape index (κ2) is 7.69. The van der Waals surface area contributed by atoms with E-state index < -0.39 is 0 Å². The van der Waals surface area contributed by atoms with Crippen LogP contribution in [0.5, 0.6) is 0 Å². The summed E-state index contributed by atoms with van der Waals surface area (Å²) < 4.78 is 0. The third-order valence-corrected chi connectivity index (χ3v) is 3.60. The Bertz CT molecular complexity index is 522. The minimum Gasteiger partial charge on any atom is -0.0845 e. The van der Waals surface area contributed by atoms with Crippen LogP contribution >= 0.6 is 0 Å². The van der Waals surface area contributed by atoms with Crippen LogP contribution in [0.15, 0.2) is 66.3 Å². The van der Waals surface area contributed by atoms with Crippen molar-refractivity contribution < 1.29 is 0 Å². The van der Waals surface area contributed by atoms with Gasteiger partial charge in [-0.2, -0.15) is 0 Å². The predicted molar refractivity (Wildman–Crippen MR) is 89.8 cm³/mol. The molecule has 0 fully saturated rings. The Morgan fingerprint density at radius 3 is 2.50 bits per heavy atom. The van der Waals surface area contributed by atoms with Crippen molar-refractivity contribution in [1.29, 1.82) is 0 Å². The number of benzene rings is 1. The molecule has 1 aromatic rings. The maximum atomic E-state index is 2.25. The van der Waals surface area contributed by atoms with Gasteiger partial charge in [-0.3, -0.25) is 0 Å². The summed E-state index contributed by atoms with van der Waals surface area (Å²) in [7, 11) is 0. The summed E-state index contributed by atoms with van der Waals surface area (Å²) in [4.78, 5) is 0. The molecule has 0 atom stereocenters. The largest absolute Gasteiger partial charge is 0.0845 e. The van der Waals surface area contributed by atoms with Crippen molar-refractivity contribution >= 4 is 6.08 Å². The van der Waals surface area contributed by atoms with Crippen molar-refractivity contribution in [2.24, 2.45) is 0 Å². The third-order valence-electron chi connectivity index (χ3n) is 3.60. The molecule has 0 saturated carbocycles. The molecule has 0 aliphatic heterocycles. The van der Waals surface area contributed by atoms with Crippen LogP contribution in [0.2, 0.25) is 0 Å². The van der Waals surface area contributed by atoms with E-state index in [1.165, 1.54) is 29.5 Å². The van der Waals surface area contributed by atoms with Crippen LogP contribution in [-0.2, 0) is 0 Å². The number of rotatable bonds is 3. The summed E-state index contributed by atoms with van der Waals surface area (Å²) in [6.07, 6.45) is 18.8. The smallest absolute Gasteiger partial charge is 0.0219 e. The lowest BCUT2D eigenvalue weighted by molar-refractivity contribution is 0.848. The molecule has 0 unspecified atom stereocenters. The maximum absolute atomic E-state index is 2.25. The van der Waals surface area contributed by atoms with Crippen LogP contribution in [-0.4, -0.2) is 0 Å². The third kappa shape index (κ3) is 4.70. The van der Waals surface area contributed by atoms with E-state index in [-0.39, 0.29) is 0 Å². The minimum atomic E-state index is 0.600. The average molecular weight is 264 g/mol. The summed E-state index contributed by atoms with van der Waals surface area (Å²) in [6.45, 7) is 4.46. The van der Waals surface area contributed by atoms with E-state index in [2.05, 4.69) is 80.6 Å². The van der Waals surface area contributed by atoms with E-state index in [0.29, 0.717) is 5.92 Å². The monoisotopic (exact) mass is 264 g/mol. The Hall–Kier alpha value is -1.82. The molecule has 0 spiro atoms. The molecule has 0 saturated heterocycles. The molecule has 0 amide bonds. The zero-order valence-corrected chi connectivity index (χ0v) is 12.5. The van der Waals surface area contributed by atoms with Gasteiger partial charge in [0, 0.05) is 0 Å². The maximum Gasteiger partial charge on any atom is -0.0219 e. The highest BCUT2D eigenvalue weighted by Gasteiger charge is 1.98. The van der Waals surface area contributed by atoms with Gasteiger partial charge in [0.1, 0.15) is 0 Å². The van der Waals surface area contributed by atoms with Gasteiger partial charge in [0.15, 0.2) is 0 Å². The molecular formula is C20H24. The quantitative estimate of drug-likeness (QED) is 0.623. The van der Waals surface area contributed by atoms with Crippen molar-refractivity contribution in [1.82, 2.24) is 0 Å². The zero-order chi connectivity index (χ0) is 14.2. The normalized spacial score (nSPS) is 21.9. The molecule has 0 radical (unpaired) electrons. The van der Waals surface area contributed by atoms with E-state index in [9.17, 15) is 0 Å². The van der Waals surface area contributed by atoms with Crippen LogP contribution < -0.4 is 0 Å². The van der Waals surface area contributed by atoms with E-state index in [1.54, 1.807) is 0 Å². The van der Waals surface area contributed by atoms with Crippen molar-refractivity contribution in [3.63, 3.8) is 0 Å². The van der Waals surface area contributed by atoms with Crippen LogP contribution in [0.25, 0.3) is 6.08 Å². The fourth-order valence-electron chi connectivity index (χ4n) is 2.26. The Morgan fingerprint density at radius 2 is 1.75 bits per heavy atom. The highest BCUT2D eigenvalue weighted by atomic mass is 14.0. The van der Waals surface area contributed by atoms with Gasteiger partial charge in [-0.25, -0.2) is 0 Å². The average Bonchev–Trinajstić information content (AvgIpc) is 2.59. The Balaban J connectivity index is 2.05. The first-order chi connectivity index (χ1) is 9.75. The first-order valence-electron chi connectivity index (χ1n) is 7.56. The molecule has 0 nitrogen and oxygen atoms in total. The predicted octanol–water partition coefficient (Wildman–Crippen LogP) is 6.05. The van der Waals surface area contributed by atoms with Crippen LogP contribution in [0.3, 0.4) is 0 Å². The molecule has 0 N–H and O–H groups in total. The topological polar surface area (TPSA) is 0 Å². The Morgan fingerprint density at radius 1 is 0.950 bits per heavy atom. The van der Waals surface area contributed by atoms with Crippen molar-refractivity contribution in [3.8, 4) is 0 Å². The molecule has 104 valence electrons. The van der Waals surface area contributed by atoms with E-state index in [0.717, 1.165) is 6.42 Å². The van der Waals surface area contributed by atoms with Gasteiger partial charge >= 0.3 is 0 Å². The lowest BCUT2D eigenvalue weighted by Crippen LogP contribution is -1.86. The van der Waals surface area contributed by atoms with E-state index >= 15 is 0 Å². The van der Waals surface area contributed by atoms with E-state index in [4.69, 9.17) is 0 Å². The summed E-state index contributed by atoms with van der Waals surface area (Å²) in [5, 5.41) is 0. The Kier molecular flexibility index (Phi) is 5.61.